The molecule has 2 aromatic heterocycles. The highest BCUT2D eigenvalue weighted by molar-refractivity contribution is 7.99. The minimum absolute atomic E-state index is 0.138. The number of thiazole rings is 1. The van der Waals surface area contributed by atoms with Crippen molar-refractivity contribution in [1.82, 2.24) is 25.7 Å². The zero-order valence-corrected chi connectivity index (χ0v) is 13.9. The van der Waals surface area contributed by atoms with Crippen molar-refractivity contribution in [1.29, 1.82) is 0 Å². The maximum atomic E-state index is 12.1. The van der Waals surface area contributed by atoms with Gasteiger partial charge in [0.05, 0.1) is 11.2 Å². The van der Waals surface area contributed by atoms with Crippen LogP contribution in [0.4, 0.5) is 0 Å². The monoisotopic (exact) mass is 345 g/mol. The molecule has 1 aromatic carbocycles. The van der Waals surface area contributed by atoms with Gasteiger partial charge >= 0.3 is 0 Å². The highest BCUT2D eigenvalue weighted by Crippen LogP contribution is 2.15. The number of H-pyrrole nitrogens is 1. The molecule has 0 fully saturated rings. The largest absolute Gasteiger partial charge is 0.350 e. The van der Waals surface area contributed by atoms with E-state index in [0.717, 1.165) is 22.2 Å². The number of amides is 1. The maximum absolute atomic E-state index is 12.1. The summed E-state index contributed by atoms with van der Waals surface area (Å²) in [6, 6.07) is 10.1. The number of thioether (sulfide) groups is 1. The van der Waals surface area contributed by atoms with Gasteiger partial charge in [0.1, 0.15) is 10.7 Å². The molecule has 6 nitrogen and oxygen atoms in total. The number of aromatic nitrogens is 4. The van der Waals surface area contributed by atoms with Gasteiger partial charge in [-0.3, -0.25) is 4.79 Å². The number of hydrogen-bond acceptors (Lipinski definition) is 6. The van der Waals surface area contributed by atoms with E-state index in [9.17, 15) is 4.79 Å². The Morgan fingerprint density at radius 1 is 1.30 bits per heavy atom. The Hall–Kier alpha value is -2.19. The quantitative estimate of drug-likeness (QED) is 0.507. The Bertz CT molecular complexity index is 742. The number of aromatic amines is 1. The second-order valence-corrected chi connectivity index (χ2v) is 6.76. The standard InChI is InChI=1S/C15H15N5OS2/c21-15(16-6-7-22-14-9-17-20-19-14)12-10-23-13(18-12)8-11-4-2-1-3-5-11/h1-5,9-10H,6-8H2,(H,16,21)(H,17,19,20). The van der Waals surface area contributed by atoms with Crippen molar-refractivity contribution in [3.8, 4) is 0 Å². The summed E-state index contributed by atoms with van der Waals surface area (Å²) in [6.07, 6.45) is 2.41. The lowest BCUT2D eigenvalue weighted by atomic mass is 10.2. The first-order valence-electron chi connectivity index (χ1n) is 7.06. The predicted octanol–water partition coefficient (Wildman–Crippen LogP) is 2.37. The number of carbonyl (C=O) groups excluding carboxylic acids is 1. The van der Waals surface area contributed by atoms with E-state index in [1.165, 1.54) is 28.7 Å². The minimum Gasteiger partial charge on any atom is -0.350 e. The van der Waals surface area contributed by atoms with Gasteiger partial charge in [-0.25, -0.2) is 4.98 Å². The fourth-order valence-electron chi connectivity index (χ4n) is 1.94. The van der Waals surface area contributed by atoms with Gasteiger partial charge in [0.2, 0.25) is 0 Å². The number of hydrogen-bond donors (Lipinski definition) is 2. The zero-order valence-electron chi connectivity index (χ0n) is 12.2. The summed E-state index contributed by atoms with van der Waals surface area (Å²) in [6.45, 7) is 0.557. The third kappa shape index (κ3) is 4.64. The van der Waals surface area contributed by atoms with Crippen LogP contribution in [0.2, 0.25) is 0 Å². The molecule has 0 aliphatic rings. The number of nitrogens with zero attached hydrogens (tertiary/aromatic N) is 3. The summed E-state index contributed by atoms with van der Waals surface area (Å²) >= 11 is 3.04. The van der Waals surface area contributed by atoms with E-state index in [1.54, 1.807) is 11.6 Å². The first kappa shape index (κ1) is 15.7. The molecular formula is C15H15N5OS2. The maximum Gasteiger partial charge on any atom is 0.270 e. The average Bonchev–Trinajstić information content (AvgIpc) is 3.24. The molecule has 118 valence electrons. The Morgan fingerprint density at radius 2 is 2.17 bits per heavy atom. The topological polar surface area (TPSA) is 83.6 Å². The van der Waals surface area contributed by atoms with Crippen LogP contribution >= 0.6 is 23.1 Å². The summed E-state index contributed by atoms with van der Waals surface area (Å²) in [4.78, 5) is 16.5. The molecule has 0 atom stereocenters. The number of rotatable bonds is 7. The third-order valence-corrected chi connectivity index (χ3v) is 4.76. The normalized spacial score (nSPS) is 10.6. The molecule has 2 heterocycles. The second-order valence-electron chi connectivity index (χ2n) is 4.70. The van der Waals surface area contributed by atoms with E-state index in [1.807, 2.05) is 18.2 Å². The Balaban J connectivity index is 1.46. The molecule has 3 aromatic rings. The third-order valence-electron chi connectivity index (χ3n) is 3.01. The zero-order chi connectivity index (χ0) is 15.9. The molecule has 0 saturated carbocycles. The molecule has 0 unspecified atom stereocenters. The van der Waals surface area contributed by atoms with Gasteiger partial charge < -0.3 is 5.32 Å². The van der Waals surface area contributed by atoms with Gasteiger partial charge in [-0.2, -0.15) is 10.3 Å². The molecule has 0 saturated heterocycles. The first-order valence-corrected chi connectivity index (χ1v) is 8.93. The van der Waals surface area contributed by atoms with Crippen LogP contribution in [0.1, 0.15) is 21.1 Å². The predicted molar refractivity (Wildman–Crippen MR) is 90.8 cm³/mol. The van der Waals surface area contributed by atoms with E-state index in [4.69, 9.17) is 0 Å². The van der Waals surface area contributed by atoms with Crippen molar-refractivity contribution in [3.63, 3.8) is 0 Å². The fourth-order valence-corrected chi connectivity index (χ4v) is 3.39. The van der Waals surface area contributed by atoms with Gasteiger partial charge in [-0.15, -0.1) is 28.2 Å². The summed E-state index contributed by atoms with van der Waals surface area (Å²) in [5.74, 6) is 0.598. The molecule has 8 heteroatoms. The van der Waals surface area contributed by atoms with Crippen LogP contribution in [-0.4, -0.2) is 38.6 Å². The SMILES string of the molecule is O=C(NCCSc1cn[nH]n1)c1csc(Cc2ccccc2)n1. The Morgan fingerprint density at radius 3 is 2.96 bits per heavy atom. The highest BCUT2D eigenvalue weighted by Gasteiger charge is 2.10. The van der Waals surface area contributed by atoms with E-state index in [-0.39, 0.29) is 5.91 Å². The first-order chi connectivity index (χ1) is 11.3. The highest BCUT2D eigenvalue weighted by atomic mass is 32.2. The van der Waals surface area contributed by atoms with Crippen LogP contribution < -0.4 is 5.32 Å². The molecule has 0 radical (unpaired) electrons. The average molecular weight is 345 g/mol. The lowest BCUT2D eigenvalue weighted by molar-refractivity contribution is 0.0951. The van der Waals surface area contributed by atoms with Crippen LogP contribution in [0.25, 0.3) is 0 Å². The molecule has 0 bridgehead atoms. The lowest BCUT2D eigenvalue weighted by Crippen LogP contribution is -2.26. The van der Waals surface area contributed by atoms with Gasteiger partial charge in [0, 0.05) is 24.1 Å². The smallest absolute Gasteiger partial charge is 0.270 e. The van der Waals surface area contributed by atoms with Crippen LogP contribution in [0, 0.1) is 0 Å². The second kappa shape index (κ2) is 7.89. The summed E-state index contributed by atoms with van der Waals surface area (Å²) in [5, 5.41) is 16.6. The summed E-state index contributed by atoms with van der Waals surface area (Å²) in [5.41, 5.74) is 1.67. The fraction of sp³-hybridized carbons (Fsp3) is 0.200. The number of benzene rings is 1. The minimum atomic E-state index is -0.138. The van der Waals surface area contributed by atoms with Crippen molar-refractivity contribution in [3.05, 3.63) is 58.2 Å². The lowest BCUT2D eigenvalue weighted by Gasteiger charge is -2.01. The van der Waals surface area contributed by atoms with E-state index in [0.29, 0.717) is 12.2 Å². The summed E-state index contributed by atoms with van der Waals surface area (Å²) < 4.78 is 0. The molecule has 23 heavy (non-hydrogen) atoms. The van der Waals surface area contributed by atoms with E-state index >= 15 is 0 Å². The molecule has 0 spiro atoms. The summed E-state index contributed by atoms with van der Waals surface area (Å²) in [7, 11) is 0. The van der Waals surface area contributed by atoms with Crippen LogP contribution in [0.5, 0.6) is 0 Å². The van der Waals surface area contributed by atoms with Crippen LogP contribution in [-0.2, 0) is 6.42 Å². The van der Waals surface area contributed by atoms with Crippen molar-refractivity contribution >= 4 is 29.0 Å². The van der Waals surface area contributed by atoms with Gasteiger partial charge in [-0.1, -0.05) is 30.3 Å². The molecule has 1 amide bonds. The van der Waals surface area contributed by atoms with Crippen molar-refractivity contribution < 1.29 is 4.79 Å². The van der Waals surface area contributed by atoms with Crippen molar-refractivity contribution in [2.24, 2.45) is 0 Å². The Kier molecular flexibility index (Phi) is 5.38. The molecule has 0 aliphatic carbocycles. The number of carbonyl (C=O) groups is 1. The van der Waals surface area contributed by atoms with E-state index < -0.39 is 0 Å². The molecule has 3 rings (SSSR count). The van der Waals surface area contributed by atoms with Crippen LogP contribution in [0.15, 0.2) is 46.9 Å². The Labute approximate surface area is 141 Å². The van der Waals surface area contributed by atoms with Gasteiger partial charge in [0.15, 0.2) is 0 Å². The van der Waals surface area contributed by atoms with Crippen molar-refractivity contribution in [2.45, 2.75) is 11.4 Å². The molecule has 2 N–H and O–H groups in total. The van der Waals surface area contributed by atoms with Crippen molar-refractivity contribution in [2.75, 3.05) is 12.3 Å². The number of nitrogens with one attached hydrogen (secondary N) is 2. The van der Waals surface area contributed by atoms with E-state index in [2.05, 4.69) is 37.8 Å². The van der Waals surface area contributed by atoms with Gasteiger partial charge in [0.25, 0.3) is 5.91 Å². The molecule has 0 aliphatic heterocycles. The van der Waals surface area contributed by atoms with Gasteiger partial charge in [-0.05, 0) is 5.56 Å². The van der Waals surface area contributed by atoms with Crippen LogP contribution in [0.3, 0.4) is 0 Å². The molecular weight excluding hydrogens is 330 g/mol.